The van der Waals surface area contributed by atoms with E-state index in [4.69, 9.17) is 16.3 Å². The number of hydrogen-bond donors (Lipinski definition) is 1. The Morgan fingerprint density at radius 2 is 1.77 bits per heavy atom. The third-order valence-electron chi connectivity index (χ3n) is 2.71. The van der Waals surface area contributed by atoms with E-state index in [2.05, 4.69) is 12.1 Å². The fraction of sp³-hybridized carbons (Fsp3) is 0.200. The summed E-state index contributed by atoms with van der Waals surface area (Å²) in [6.45, 7) is -0.0807. The summed E-state index contributed by atoms with van der Waals surface area (Å²) in [7, 11) is 1.61. The minimum absolute atomic E-state index is 0. The van der Waals surface area contributed by atoms with Crippen molar-refractivity contribution in [3.05, 3.63) is 58.6 Å². The molecule has 2 aromatic rings. The summed E-state index contributed by atoms with van der Waals surface area (Å²) in [6.07, 6.45) is 0. The van der Waals surface area contributed by atoms with E-state index < -0.39 is 0 Å². The summed E-state index contributed by atoms with van der Waals surface area (Å²) in [5, 5.41) is 9.95. The van der Waals surface area contributed by atoms with Crippen molar-refractivity contribution in [2.24, 2.45) is 0 Å². The van der Waals surface area contributed by atoms with Crippen molar-refractivity contribution in [3.8, 4) is 5.75 Å². The quantitative estimate of drug-likeness (QED) is 0.451. The summed E-state index contributed by atoms with van der Waals surface area (Å²) >= 11 is 7.71. The fourth-order valence-corrected chi connectivity index (χ4v) is 3.19. The Bertz CT molecular complexity index is 556. The van der Waals surface area contributed by atoms with Crippen molar-refractivity contribution in [3.63, 3.8) is 0 Å². The van der Waals surface area contributed by atoms with Crippen molar-refractivity contribution in [1.82, 2.24) is 0 Å². The van der Waals surface area contributed by atoms with Gasteiger partial charge in [-0.1, -0.05) is 41.9 Å². The van der Waals surface area contributed by atoms with Crippen molar-refractivity contribution >= 4 is 61.1 Å². The van der Waals surface area contributed by atoms with Crippen LogP contribution in [0.2, 0.25) is 5.02 Å². The number of hydrogen-bond acceptors (Lipinski definition) is 3. The third-order valence-corrected chi connectivity index (χ3v) is 4.02. The zero-order chi connectivity index (χ0) is 13.7. The van der Waals surface area contributed by atoms with Gasteiger partial charge in [-0.3, -0.25) is 0 Å². The molecule has 2 aromatic carbocycles. The van der Waals surface area contributed by atoms with E-state index in [1.54, 1.807) is 24.9 Å². The Hall–Kier alpha value is 0.680. The molecule has 0 radical (unpaired) electrons. The maximum absolute atomic E-state index is 9.34. The average Bonchev–Trinajstić information content (AvgIpc) is 2.45. The fourth-order valence-electron chi connectivity index (χ4n) is 1.81. The molecule has 0 bridgehead atoms. The van der Waals surface area contributed by atoms with Crippen LogP contribution in [0.5, 0.6) is 5.75 Å². The van der Waals surface area contributed by atoms with Gasteiger partial charge in [-0.25, -0.2) is 0 Å². The zero-order valence-corrected chi connectivity index (χ0v) is 17.4. The summed E-state index contributed by atoms with van der Waals surface area (Å²) in [5.41, 5.74) is 1.95. The Kier molecular flexibility index (Phi) is 14.8. The molecule has 0 aliphatic rings. The summed E-state index contributed by atoms with van der Waals surface area (Å²) < 4.78 is 5.37. The SMILES string of the molecule is COc1c(CO)cc(Cl)cc1SCc1ccccc1.[Ca+2].[Cl-].[Cl-]. The van der Waals surface area contributed by atoms with E-state index in [9.17, 15) is 5.11 Å². The second-order valence-corrected chi connectivity index (χ2v) is 5.48. The molecule has 0 unspecified atom stereocenters. The second kappa shape index (κ2) is 13.0. The molecule has 0 fully saturated rings. The molecule has 2 rings (SSSR count). The maximum Gasteiger partial charge on any atom is 2.00 e. The summed E-state index contributed by atoms with van der Waals surface area (Å²) in [6, 6.07) is 13.8. The number of aliphatic hydroxyl groups excluding tert-OH is 1. The van der Waals surface area contributed by atoms with Gasteiger partial charge < -0.3 is 34.7 Å². The molecule has 116 valence electrons. The number of aliphatic hydroxyl groups is 1. The van der Waals surface area contributed by atoms with Gasteiger partial charge in [0.05, 0.1) is 18.6 Å². The van der Waals surface area contributed by atoms with Crippen LogP contribution in [0.3, 0.4) is 0 Å². The van der Waals surface area contributed by atoms with Crippen molar-refractivity contribution < 1.29 is 34.7 Å². The van der Waals surface area contributed by atoms with Gasteiger partial charge in [0.15, 0.2) is 0 Å². The van der Waals surface area contributed by atoms with E-state index in [0.29, 0.717) is 16.3 Å². The number of benzene rings is 2. The number of rotatable bonds is 5. The summed E-state index contributed by atoms with van der Waals surface area (Å²) in [4.78, 5) is 0.947. The van der Waals surface area contributed by atoms with Gasteiger partial charge in [0.1, 0.15) is 5.75 Å². The van der Waals surface area contributed by atoms with Gasteiger partial charge in [-0.15, -0.1) is 11.8 Å². The van der Waals surface area contributed by atoms with Crippen LogP contribution in [-0.2, 0) is 12.4 Å². The van der Waals surface area contributed by atoms with E-state index in [1.807, 2.05) is 24.3 Å². The molecule has 0 aromatic heterocycles. The number of ether oxygens (including phenoxy) is 1. The molecule has 0 spiro atoms. The van der Waals surface area contributed by atoms with Crippen LogP contribution >= 0.6 is 23.4 Å². The van der Waals surface area contributed by atoms with Crippen LogP contribution in [0.1, 0.15) is 11.1 Å². The zero-order valence-electron chi connectivity index (χ0n) is 12.1. The van der Waals surface area contributed by atoms with E-state index >= 15 is 0 Å². The molecule has 0 saturated carbocycles. The van der Waals surface area contributed by atoms with Gasteiger partial charge >= 0.3 is 37.7 Å². The average molecular weight is 406 g/mol. The normalized spacial score (nSPS) is 9.05. The monoisotopic (exact) mass is 404 g/mol. The molecule has 0 aliphatic heterocycles. The molecule has 0 heterocycles. The Balaban J connectivity index is 0. The molecular formula is C15H15CaCl3O2S. The smallest absolute Gasteiger partial charge is 1.00 e. The van der Waals surface area contributed by atoms with Gasteiger partial charge in [0, 0.05) is 16.3 Å². The minimum Gasteiger partial charge on any atom is -1.00 e. The predicted molar refractivity (Wildman–Crippen MR) is 85.7 cm³/mol. The van der Waals surface area contributed by atoms with Crippen LogP contribution in [0.25, 0.3) is 0 Å². The Morgan fingerprint density at radius 1 is 1.14 bits per heavy atom. The van der Waals surface area contributed by atoms with Crippen molar-refractivity contribution in [1.29, 1.82) is 0 Å². The van der Waals surface area contributed by atoms with Gasteiger partial charge in [-0.05, 0) is 17.7 Å². The van der Waals surface area contributed by atoms with Crippen LogP contribution in [0, 0.1) is 0 Å². The Labute approximate surface area is 182 Å². The largest absolute Gasteiger partial charge is 2.00 e. The molecule has 0 amide bonds. The van der Waals surface area contributed by atoms with Gasteiger partial charge in [0.2, 0.25) is 0 Å². The molecule has 2 nitrogen and oxygen atoms in total. The first-order valence-electron chi connectivity index (χ1n) is 5.88. The first kappa shape index (κ1) is 24.9. The molecule has 0 aliphatic carbocycles. The summed E-state index contributed by atoms with van der Waals surface area (Å²) in [5.74, 6) is 1.54. The molecule has 7 heteroatoms. The van der Waals surface area contributed by atoms with E-state index in [1.165, 1.54) is 5.56 Å². The van der Waals surface area contributed by atoms with E-state index in [-0.39, 0.29) is 69.2 Å². The topological polar surface area (TPSA) is 29.5 Å². The number of thioether (sulfide) groups is 1. The predicted octanol–water partition coefficient (Wildman–Crippen LogP) is -2.24. The van der Waals surface area contributed by atoms with Crippen molar-refractivity contribution in [2.45, 2.75) is 17.3 Å². The molecule has 0 saturated heterocycles. The van der Waals surface area contributed by atoms with Gasteiger partial charge in [-0.2, -0.15) is 0 Å². The molecule has 22 heavy (non-hydrogen) atoms. The molecular weight excluding hydrogens is 391 g/mol. The number of methoxy groups -OCH3 is 1. The third kappa shape index (κ3) is 7.06. The van der Waals surface area contributed by atoms with Crippen LogP contribution < -0.4 is 29.6 Å². The maximum atomic E-state index is 9.34. The first-order valence-corrected chi connectivity index (χ1v) is 7.25. The van der Waals surface area contributed by atoms with E-state index in [0.717, 1.165) is 10.6 Å². The molecule has 1 N–H and O–H groups in total. The van der Waals surface area contributed by atoms with Crippen molar-refractivity contribution in [2.75, 3.05) is 7.11 Å². The minimum atomic E-state index is -0.0807. The Morgan fingerprint density at radius 3 is 2.32 bits per heavy atom. The van der Waals surface area contributed by atoms with Crippen LogP contribution in [0.4, 0.5) is 0 Å². The number of halogens is 3. The first-order chi connectivity index (χ1) is 9.24. The van der Waals surface area contributed by atoms with Crippen LogP contribution in [-0.4, -0.2) is 50.0 Å². The second-order valence-electron chi connectivity index (χ2n) is 4.03. The van der Waals surface area contributed by atoms with Crippen LogP contribution in [0.15, 0.2) is 47.4 Å². The van der Waals surface area contributed by atoms with Gasteiger partial charge in [0.25, 0.3) is 0 Å². The molecule has 0 atom stereocenters. The standard InChI is InChI=1S/C15H15ClO2S.Ca.2ClH/c1-18-15-12(9-17)7-13(16)8-14(15)19-10-11-5-3-2-4-6-11;;;/h2-8,17H,9-10H2,1H3;;2*1H/q;+2;;/p-2.